The molecule has 3 heterocycles. The summed E-state index contributed by atoms with van der Waals surface area (Å²) in [5.74, 6) is -0.602. The molecule has 0 radical (unpaired) electrons. The van der Waals surface area contributed by atoms with E-state index in [1.165, 1.54) is 33.8 Å². The Morgan fingerprint density at radius 2 is 1.95 bits per heavy atom. The van der Waals surface area contributed by atoms with Crippen LogP contribution in [0.5, 0.6) is 5.75 Å². The molecule has 8 nitrogen and oxygen atoms in total. The second-order valence-electron chi connectivity index (χ2n) is 8.72. The number of carbonyl (C=O) groups is 1. The minimum absolute atomic E-state index is 0.127. The Balaban J connectivity index is 1.38. The molecule has 1 saturated heterocycles. The molecule has 5 rings (SSSR count). The van der Waals surface area contributed by atoms with Crippen LogP contribution >= 0.6 is 11.3 Å². The Morgan fingerprint density at radius 1 is 1.16 bits per heavy atom. The second kappa shape index (κ2) is 10.5. The van der Waals surface area contributed by atoms with Crippen LogP contribution in [0.1, 0.15) is 18.4 Å². The van der Waals surface area contributed by atoms with Crippen molar-refractivity contribution in [1.82, 2.24) is 14.3 Å². The number of nitrogens with zero attached hydrogens (tertiary/aromatic N) is 4. The molecule has 0 spiro atoms. The van der Waals surface area contributed by atoms with Crippen molar-refractivity contribution in [3.8, 4) is 5.75 Å². The molecule has 0 saturated carbocycles. The average molecular weight is 541 g/mol. The minimum Gasteiger partial charge on any atom is -0.497 e. The number of methoxy groups -OCH3 is 1. The smallest absolute Gasteiger partial charge is 0.245 e. The fourth-order valence-corrected chi connectivity index (χ4v) is 6.94. The number of amides is 1. The number of rotatable bonds is 7. The van der Waals surface area contributed by atoms with Gasteiger partial charge in [-0.15, -0.1) is 0 Å². The van der Waals surface area contributed by atoms with Gasteiger partial charge in [0.15, 0.2) is 5.13 Å². The van der Waals surface area contributed by atoms with Crippen molar-refractivity contribution in [2.45, 2.75) is 24.3 Å². The highest BCUT2D eigenvalue weighted by atomic mass is 32.2. The number of fused-ring (bicyclic) bond motifs is 1. The summed E-state index contributed by atoms with van der Waals surface area (Å²) in [7, 11) is -2.39. The normalized spacial score (nSPS) is 15.1. The molecule has 2 aromatic carbocycles. The topological polar surface area (TPSA) is 92.7 Å². The Bertz CT molecular complexity index is 1520. The Morgan fingerprint density at radius 3 is 2.65 bits per heavy atom. The van der Waals surface area contributed by atoms with E-state index in [1.807, 2.05) is 30.3 Å². The minimum atomic E-state index is -3.98. The average Bonchev–Trinajstić information content (AvgIpc) is 3.35. The third-order valence-electron chi connectivity index (χ3n) is 6.40. The monoisotopic (exact) mass is 540 g/mol. The van der Waals surface area contributed by atoms with Crippen LogP contribution in [0.3, 0.4) is 0 Å². The van der Waals surface area contributed by atoms with Crippen LogP contribution in [-0.2, 0) is 21.4 Å². The molecule has 37 heavy (non-hydrogen) atoms. The SMILES string of the molecule is COc1ccc2nc(N(Cc3cccnc3)C(=O)C3CCN(S(=O)(=O)c4ccccc4F)CC3)sc2c1. The summed E-state index contributed by atoms with van der Waals surface area (Å²) in [5, 5.41) is 0.554. The zero-order valence-electron chi connectivity index (χ0n) is 20.1. The summed E-state index contributed by atoms with van der Waals surface area (Å²) in [6.07, 6.45) is 4.04. The lowest BCUT2D eigenvalue weighted by molar-refractivity contribution is -0.123. The molecule has 0 N–H and O–H groups in total. The van der Waals surface area contributed by atoms with Crippen LogP contribution in [-0.4, -0.2) is 48.8 Å². The Hall–Kier alpha value is -3.41. The maximum Gasteiger partial charge on any atom is 0.245 e. The number of piperidine rings is 1. The van der Waals surface area contributed by atoms with E-state index in [-0.39, 0.29) is 30.4 Å². The highest BCUT2D eigenvalue weighted by Gasteiger charge is 2.36. The largest absolute Gasteiger partial charge is 0.497 e. The molecule has 1 fully saturated rings. The van der Waals surface area contributed by atoms with Crippen LogP contribution < -0.4 is 9.64 Å². The molecule has 2 aromatic heterocycles. The van der Waals surface area contributed by atoms with Gasteiger partial charge >= 0.3 is 0 Å². The number of benzene rings is 2. The van der Waals surface area contributed by atoms with E-state index >= 15 is 0 Å². The quantitative estimate of drug-likeness (QED) is 0.343. The summed E-state index contributed by atoms with van der Waals surface area (Å²) >= 11 is 1.40. The van der Waals surface area contributed by atoms with E-state index in [9.17, 15) is 17.6 Å². The molecule has 0 aliphatic carbocycles. The first-order valence-corrected chi connectivity index (χ1v) is 14.0. The van der Waals surface area contributed by atoms with Crippen LogP contribution in [0.25, 0.3) is 10.2 Å². The van der Waals surface area contributed by atoms with E-state index in [2.05, 4.69) is 4.98 Å². The zero-order valence-corrected chi connectivity index (χ0v) is 21.7. The zero-order chi connectivity index (χ0) is 26.0. The highest BCUT2D eigenvalue weighted by molar-refractivity contribution is 7.89. The lowest BCUT2D eigenvalue weighted by Gasteiger charge is -2.33. The molecular formula is C26H25FN4O4S2. The summed E-state index contributed by atoms with van der Waals surface area (Å²) in [6, 6.07) is 14.6. The predicted molar refractivity (Wildman–Crippen MR) is 139 cm³/mol. The van der Waals surface area contributed by atoms with E-state index < -0.39 is 21.8 Å². The molecular weight excluding hydrogens is 515 g/mol. The first kappa shape index (κ1) is 25.2. The summed E-state index contributed by atoms with van der Waals surface area (Å²) in [5.41, 5.74) is 1.61. The van der Waals surface area contributed by atoms with Gasteiger partial charge < -0.3 is 4.74 Å². The number of sulfonamides is 1. The van der Waals surface area contributed by atoms with Gasteiger partial charge in [-0.05, 0) is 54.8 Å². The molecule has 192 valence electrons. The van der Waals surface area contributed by atoms with Crippen LogP contribution in [0.2, 0.25) is 0 Å². The fourth-order valence-electron chi connectivity index (χ4n) is 4.41. The van der Waals surface area contributed by atoms with Crippen molar-refractivity contribution in [2.24, 2.45) is 5.92 Å². The van der Waals surface area contributed by atoms with Crippen molar-refractivity contribution in [2.75, 3.05) is 25.1 Å². The number of carbonyl (C=O) groups excluding carboxylic acids is 1. The number of ether oxygens (including phenoxy) is 1. The first-order chi connectivity index (χ1) is 17.9. The van der Waals surface area contributed by atoms with Crippen LogP contribution in [0, 0.1) is 11.7 Å². The molecule has 0 bridgehead atoms. The third kappa shape index (κ3) is 5.20. The number of anilines is 1. The van der Waals surface area contributed by atoms with Gasteiger partial charge in [-0.1, -0.05) is 29.5 Å². The lowest BCUT2D eigenvalue weighted by Crippen LogP contribution is -2.44. The first-order valence-electron chi connectivity index (χ1n) is 11.8. The van der Waals surface area contributed by atoms with E-state index in [0.717, 1.165) is 21.8 Å². The van der Waals surface area contributed by atoms with Crippen molar-refractivity contribution in [3.63, 3.8) is 0 Å². The molecule has 0 unspecified atom stereocenters. The van der Waals surface area contributed by atoms with Crippen molar-refractivity contribution >= 4 is 42.6 Å². The van der Waals surface area contributed by atoms with Gasteiger partial charge in [0.1, 0.15) is 16.5 Å². The predicted octanol–water partition coefficient (Wildman–Crippen LogP) is 4.47. The van der Waals surface area contributed by atoms with E-state index in [1.54, 1.807) is 24.4 Å². The Labute approximate surface area is 218 Å². The summed E-state index contributed by atoms with van der Waals surface area (Å²) in [6.45, 7) is 0.549. The lowest BCUT2D eigenvalue weighted by atomic mass is 9.96. The standard InChI is InChI=1S/C26H25FN4O4S2/c1-35-20-8-9-22-23(15-20)36-26(29-22)31(17-18-5-4-12-28-16-18)25(32)19-10-13-30(14-11-19)37(33,34)24-7-3-2-6-21(24)27/h2-9,12,15-16,19H,10-11,13-14,17H2,1H3. The third-order valence-corrected chi connectivity index (χ3v) is 9.38. The van der Waals surface area contributed by atoms with Gasteiger partial charge in [0.25, 0.3) is 0 Å². The van der Waals surface area contributed by atoms with Crippen molar-refractivity contribution in [3.05, 3.63) is 78.4 Å². The highest BCUT2D eigenvalue weighted by Crippen LogP contribution is 2.34. The number of hydrogen-bond acceptors (Lipinski definition) is 7. The van der Waals surface area contributed by atoms with E-state index in [4.69, 9.17) is 9.72 Å². The number of halogens is 1. The molecule has 1 aliphatic rings. The summed E-state index contributed by atoms with van der Waals surface area (Å²) in [4.78, 5) is 24.0. The number of thiazole rings is 1. The van der Waals surface area contributed by atoms with E-state index in [0.29, 0.717) is 23.7 Å². The fraction of sp³-hybridized carbons (Fsp3) is 0.269. The Kier molecular flexibility index (Phi) is 7.18. The van der Waals surface area contributed by atoms with Gasteiger partial charge in [-0.3, -0.25) is 14.7 Å². The number of aromatic nitrogens is 2. The van der Waals surface area contributed by atoms with Gasteiger partial charge in [0.2, 0.25) is 15.9 Å². The molecule has 1 amide bonds. The van der Waals surface area contributed by atoms with Crippen LogP contribution in [0.15, 0.2) is 71.9 Å². The summed E-state index contributed by atoms with van der Waals surface area (Å²) < 4.78 is 47.7. The van der Waals surface area contributed by atoms with Gasteiger partial charge in [-0.2, -0.15) is 4.31 Å². The van der Waals surface area contributed by atoms with Crippen molar-refractivity contribution in [1.29, 1.82) is 0 Å². The molecule has 4 aromatic rings. The van der Waals surface area contributed by atoms with Gasteiger partial charge in [0.05, 0.1) is 23.9 Å². The molecule has 1 aliphatic heterocycles. The van der Waals surface area contributed by atoms with Gasteiger partial charge in [-0.25, -0.2) is 17.8 Å². The number of pyridine rings is 1. The second-order valence-corrected chi connectivity index (χ2v) is 11.6. The maximum absolute atomic E-state index is 14.2. The molecule has 11 heteroatoms. The maximum atomic E-state index is 14.2. The van der Waals surface area contributed by atoms with Crippen molar-refractivity contribution < 1.29 is 22.3 Å². The van der Waals surface area contributed by atoms with Crippen LogP contribution in [0.4, 0.5) is 9.52 Å². The van der Waals surface area contributed by atoms with Gasteiger partial charge in [0, 0.05) is 31.4 Å². The number of hydrogen-bond donors (Lipinski definition) is 0. The molecule has 0 atom stereocenters.